The number of hydrogen-bond acceptors (Lipinski definition) is 2. The van der Waals surface area contributed by atoms with Crippen LogP contribution in [0, 0.1) is 0 Å². The summed E-state index contributed by atoms with van der Waals surface area (Å²) in [5.74, 6) is -2.21. The molecule has 0 aliphatic carbocycles. The molecular weight excluding hydrogens is 211 g/mol. The Bertz CT molecular complexity index is 303. The number of hydrogen-bond donors (Lipinski definition) is 1. The van der Waals surface area contributed by atoms with Crippen molar-refractivity contribution in [2.75, 3.05) is 0 Å². The molecule has 0 saturated heterocycles. The van der Waals surface area contributed by atoms with Gasteiger partial charge in [0.1, 0.15) is 5.76 Å². The molecule has 1 heterocycles. The van der Waals surface area contributed by atoms with Crippen LogP contribution in [0.2, 0.25) is 0 Å². The van der Waals surface area contributed by atoms with Crippen molar-refractivity contribution in [3.05, 3.63) is 23.7 Å². The highest BCUT2D eigenvalue weighted by atomic mass is 19.4. The zero-order valence-corrected chi connectivity index (χ0v) is 6.55. The summed E-state index contributed by atoms with van der Waals surface area (Å²) in [6.07, 6.45) is -10.2. The molecule has 7 heteroatoms. The molecule has 0 radical (unpaired) electrons. The Labute approximate surface area is 74.9 Å². The van der Waals surface area contributed by atoms with E-state index in [1.165, 1.54) is 0 Å². The second kappa shape index (κ2) is 3.56. The summed E-state index contributed by atoms with van der Waals surface area (Å²) in [6.45, 7) is 0. The maximum absolute atomic E-state index is 11.9. The lowest BCUT2D eigenvalue weighted by Gasteiger charge is -2.05. The second-order valence-corrected chi connectivity index (χ2v) is 2.48. The third kappa shape index (κ3) is 2.22. The summed E-state index contributed by atoms with van der Waals surface area (Å²) >= 11 is 0. The molecule has 1 aromatic rings. The van der Waals surface area contributed by atoms with E-state index in [9.17, 15) is 22.0 Å². The zero-order valence-electron chi connectivity index (χ0n) is 6.55. The van der Waals surface area contributed by atoms with Gasteiger partial charge in [-0.1, -0.05) is 0 Å². The lowest BCUT2D eigenvalue weighted by molar-refractivity contribution is -0.154. The summed E-state index contributed by atoms with van der Waals surface area (Å²) in [4.78, 5) is 0. The Hall–Kier alpha value is -1.11. The van der Waals surface area contributed by atoms with Crippen molar-refractivity contribution in [2.45, 2.75) is 18.7 Å². The van der Waals surface area contributed by atoms with Gasteiger partial charge in [-0.15, -0.1) is 0 Å². The number of aliphatic hydroxyl groups excluding tert-OH is 1. The highest BCUT2D eigenvalue weighted by Gasteiger charge is 2.36. The summed E-state index contributed by atoms with van der Waals surface area (Å²) in [6, 6.07) is 1.15. The van der Waals surface area contributed by atoms with Gasteiger partial charge >= 0.3 is 6.18 Å². The second-order valence-electron chi connectivity index (χ2n) is 2.48. The van der Waals surface area contributed by atoms with Gasteiger partial charge in [-0.3, -0.25) is 0 Å². The van der Waals surface area contributed by atoms with Gasteiger partial charge in [0, 0.05) is 0 Å². The number of furan rings is 1. The van der Waals surface area contributed by atoms with Gasteiger partial charge in [0.2, 0.25) is 5.76 Å². The third-order valence-corrected chi connectivity index (χ3v) is 1.44. The molecule has 1 N–H and O–H groups in total. The predicted molar refractivity (Wildman–Crippen MR) is 34.7 cm³/mol. The fourth-order valence-corrected chi connectivity index (χ4v) is 0.788. The Balaban J connectivity index is 2.89. The van der Waals surface area contributed by atoms with Gasteiger partial charge in [-0.2, -0.15) is 13.2 Å². The monoisotopic (exact) mass is 216 g/mol. The van der Waals surface area contributed by atoms with Crippen molar-refractivity contribution in [3.63, 3.8) is 0 Å². The number of alkyl halides is 5. The van der Waals surface area contributed by atoms with Gasteiger partial charge < -0.3 is 9.52 Å². The molecular formula is C7H5F5O2. The molecule has 1 atom stereocenters. The van der Waals surface area contributed by atoms with Gasteiger partial charge in [0.25, 0.3) is 6.43 Å². The first-order valence-corrected chi connectivity index (χ1v) is 3.45. The summed E-state index contributed by atoms with van der Waals surface area (Å²) in [5.41, 5.74) is 0. The summed E-state index contributed by atoms with van der Waals surface area (Å²) in [7, 11) is 0. The maximum atomic E-state index is 11.9. The standard InChI is InChI=1S/C7H5F5O2/c8-6(9)5(13)3-1-2-4(14-3)7(10,11)12/h1-2,5-6,13H. The van der Waals surface area contributed by atoms with E-state index >= 15 is 0 Å². The van der Waals surface area contributed by atoms with E-state index in [1.54, 1.807) is 0 Å². The van der Waals surface area contributed by atoms with E-state index in [0.29, 0.717) is 12.1 Å². The van der Waals surface area contributed by atoms with Crippen molar-refractivity contribution < 1.29 is 31.5 Å². The van der Waals surface area contributed by atoms with Crippen LogP contribution in [0.25, 0.3) is 0 Å². The SMILES string of the molecule is OC(c1ccc(C(F)(F)F)o1)C(F)F. The lowest BCUT2D eigenvalue weighted by atomic mass is 10.3. The van der Waals surface area contributed by atoms with E-state index < -0.39 is 30.2 Å². The molecule has 1 rings (SSSR count). The average molecular weight is 216 g/mol. The van der Waals surface area contributed by atoms with E-state index in [0.717, 1.165) is 0 Å². The van der Waals surface area contributed by atoms with Gasteiger partial charge in [0.15, 0.2) is 6.10 Å². The fourth-order valence-electron chi connectivity index (χ4n) is 0.788. The van der Waals surface area contributed by atoms with Crippen LogP contribution >= 0.6 is 0 Å². The van der Waals surface area contributed by atoms with Gasteiger partial charge in [-0.25, -0.2) is 8.78 Å². The number of rotatable bonds is 2. The van der Waals surface area contributed by atoms with Crippen molar-refractivity contribution in [1.29, 1.82) is 0 Å². The lowest BCUT2D eigenvalue weighted by Crippen LogP contribution is -2.07. The minimum Gasteiger partial charge on any atom is -0.454 e. The highest BCUT2D eigenvalue weighted by molar-refractivity contribution is 5.12. The molecule has 0 saturated carbocycles. The fraction of sp³-hybridized carbons (Fsp3) is 0.429. The van der Waals surface area contributed by atoms with Gasteiger partial charge in [0.05, 0.1) is 0 Å². The zero-order chi connectivity index (χ0) is 10.9. The van der Waals surface area contributed by atoms with Crippen LogP contribution in [0.4, 0.5) is 22.0 Å². The number of aliphatic hydroxyl groups is 1. The molecule has 0 fully saturated rings. The smallest absolute Gasteiger partial charge is 0.449 e. The largest absolute Gasteiger partial charge is 0.454 e. The molecule has 0 spiro atoms. The molecule has 2 nitrogen and oxygen atoms in total. The molecule has 0 bridgehead atoms. The Morgan fingerprint density at radius 1 is 1.21 bits per heavy atom. The Kier molecular flexibility index (Phi) is 2.79. The molecule has 1 unspecified atom stereocenters. The first kappa shape index (κ1) is 11.0. The van der Waals surface area contributed by atoms with Crippen LogP contribution in [-0.2, 0) is 6.18 Å². The van der Waals surface area contributed by atoms with E-state index in [4.69, 9.17) is 5.11 Å². The van der Waals surface area contributed by atoms with Crippen LogP contribution in [0.1, 0.15) is 17.6 Å². The average Bonchev–Trinajstić information content (AvgIpc) is 2.49. The normalized spacial score (nSPS) is 14.8. The molecule has 0 aliphatic rings. The third-order valence-electron chi connectivity index (χ3n) is 1.44. The maximum Gasteiger partial charge on any atom is 0.449 e. The van der Waals surface area contributed by atoms with E-state index in [1.807, 2.05) is 0 Å². The van der Waals surface area contributed by atoms with Crippen LogP contribution < -0.4 is 0 Å². The minimum atomic E-state index is -4.74. The minimum absolute atomic E-state index is 0.487. The summed E-state index contributed by atoms with van der Waals surface area (Å²) in [5, 5.41) is 8.67. The van der Waals surface area contributed by atoms with Crippen molar-refractivity contribution >= 4 is 0 Å². The molecule has 1 aromatic heterocycles. The van der Waals surface area contributed by atoms with Gasteiger partial charge in [-0.05, 0) is 12.1 Å². The van der Waals surface area contributed by atoms with Crippen molar-refractivity contribution in [1.82, 2.24) is 0 Å². The van der Waals surface area contributed by atoms with E-state index in [2.05, 4.69) is 4.42 Å². The first-order chi connectivity index (χ1) is 6.32. The predicted octanol–water partition coefficient (Wildman–Crippen LogP) is 2.60. The Morgan fingerprint density at radius 3 is 2.14 bits per heavy atom. The van der Waals surface area contributed by atoms with Crippen LogP contribution in [-0.4, -0.2) is 11.5 Å². The molecule has 0 amide bonds. The number of halogens is 5. The quantitative estimate of drug-likeness (QED) is 0.770. The molecule has 14 heavy (non-hydrogen) atoms. The summed E-state index contributed by atoms with van der Waals surface area (Å²) < 4.78 is 63.4. The van der Waals surface area contributed by atoms with E-state index in [-0.39, 0.29) is 0 Å². The van der Waals surface area contributed by atoms with Crippen LogP contribution in [0.15, 0.2) is 16.5 Å². The Morgan fingerprint density at radius 2 is 1.79 bits per heavy atom. The van der Waals surface area contributed by atoms with Crippen LogP contribution in [0.3, 0.4) is 0 Å². The molecule has 0 aliphatic heterocycles. The van der Waals surface area contributed by atoms with Crippen LogP contribution in [0.5, 0.6) is 0 Å². The van der Waals surface area contributed by atoms with Crippen molar-refractivity contribution in [2.24, 2.45) is 0 Å². The molecule has 0 aromatic carbocycles. The van der Waals surface area contributed by atoms with Crippen molar-refractivity contribution in [3.8, 4) is 0 Å². The topological polar surface area (TPSA) is 33.4 Å². The molecule has 80 valence electrons. The first-order valence-electron chi connectivity index (χ1n) is 3.45. The highest BCUT2D eigenvalue weighted by Crippen LogP contribution is 2.33.